The van der Waals surface area contributed by atoms with Crippen LogP contribution in [-0.4, -0.2) is 58.0 Å². The number of aromatic nitrogens is 2. The van der Waals surface area contributed by atoms with Crippen molar-refractivity contribution in [2.45, 2.75) is 52.7 Å². The predicted octanol–water partition coefficient (Wildman–Crippen LogP) is 4.56. The number of rotatable bonds is 8. The Morgan fingerprint density at radius 2 is 1.91 bits per heavy atom. The fourth-order valence-electron chi connectivity index (χ4n) is 4.95. The van der Waals surface area contributed by atoms with Crippen LogP contribution in [0.2, 0.25) is 0 Å². The molecule has 0 bridgehead atoms. The number of fused-ring (bicyclic) bond motifs is 1. The maximum Gasteiger partial charge on any atom is 0.227 e. The van der Waals surface area contributed by atoms with E-state index in [0.29, 0.717) is 5.91 Å². The number of nitrogens with zero attached hydrogens (tertiary/aromatic N) is 4. The first-order valence-electron chi connectivity index (χ1n) is 12.1. The number of ether oxygens (including phenoxy) is 1. The quantitative estimate of drug-likeness (QED) is 0.507. The smallest absolute Gasteiger partial charge is 0.227 e. The minimum Gasteiger partial charge on any atom is -0.497 e. The average Bonchev–Trinajstić information content (AvgIpc) is 3.16. The molecule has 0 aliphatic carbocycles. The van der Waals surface area contributed by atoms with E-state index in [0.717, 1.165) is 68.2 Å². The van der Waals surface area contributed by atoms with Gasteiger partial charge in [-0.15, -0.1) is 0 Å². The number of likely N-dealkylation sites (tertiary alicyclic amines) is 1. The van der Waals surface area contributed by atoms with Crippen LogP contribution in [0.4, 0.5) is 0 Å². The summed E-state index contributed by atoms with van der Waals surface area (Å²) >= 11 is 0. The van der Waals surface area contributed by atoms with E-state index in [1.807, 2.05) is 23.1 Å². The predicted molar refractivity (Wildman–Crippen MR) is 132 cm³/mol. The molecule has 0 spiro atoms. The Balaban J connectivity index is 1.55. The van der Waals surface area contributed by atoms with Gasteiger partial charge in [0.05, 0.1) is 30.6 Å². The molecule has 0 unspecified atom stereocenters. The molecule has 0 N–H and O–H groups in total. The van der Waals surface area contributed by atoms with Crippen molar-refractivity contribution in [1.82, 2.24) is 19.4 Å². The lowest BCUT2D eigenvalue weighted by atomic mass is 9.96. The van der Waals surface area contributed by atoms with Crippen molar-refractivity contribution in [1.29, 1.82) is 0 Å². The molecule has 1 aliphatic heterocycles. The van der Waals surface area contributed by atoms with Gasteiger partial charge in [0.15, 0.2) is 0 Å². The highest BCUT2D eigenvalue weighted by Gasteiger charge is 2.30. The molecule has 3 aromatic rings. The van der Waals surface area contributed by atoms with Gasteiger partial charge in [-0.2, -0.15) is 0 Å². The number of amides is 1. The second-order valence-corrected chi connectivity index (χ2v) is 9.24. The van der Waals surface area contributed by atoms with Crippen LogP contribution < -0.4 is 4.74 Å². The second-order valence-electron chi connectivity index (χ2n) is 9.24. The lowest BCUT2D eigenvalue weighted by Gasteiger charge is -2.36. The van der Waals surface area contributed by atoms with Crippen LogP contribution in [0.3, 0.4) is 0 Å². The van der Waals surface area contributed by atoms with Gasteiger partial charge in [-0.25, -0.2) is 4.98 Å². The molecule has 6 nitrogen and oxygen atoms in total. The number of carbonyl (C=O) groups excluding carboxylic acids is 1. The van der Waals surface area contributed by atoms with Crippen LogP contribution in [0.25, 0.3) is 11.0 Å². The Kier molecular flexibility index (Phi) is 7.33. The van der Waals surface area contributed by atoms with Gasteiger partial charge in [0.1, 0.15) is 11.6 Å². The van der Waals surface area contributed by atoms with Crippen LogP contribution in [0, 0.1) is 5.92 Å². The molecule has 1 fully saturated rings. The largest absolute Gasteiger partial charge is 0.497 e. The van der Waals surface area contributed by atoms with Gasteiger partial charge in [-0.3, -0.25) is 9.69 Å². The molecule has 1 atom stereocenters. The number of hydrogen-bond acceptors (Lipinski definition) is 4. The summed E-state index contributed by atoms with van der Waals surface area (Å²) in [5.74, 6) is 2.28. The van der Waals surface area contributed by atoms with Gasteiger partial charge < -0.3 is 14.2 Å². The van der Waals surface area contributed by atoms with Crippen molar-refractivity contribution in [2.24, 2.45) is 5.92 Å². The minimum atomic E-state index is 0.0699. The van der Waals surface area contributed by atoms with Crippen molar-refractivity contribution in [3.05, 3.63) is 59.9 Å². The van der Waals surface area contributed by atoms with Crippen molar-refractivity contribution in [2.75, 3.05) is 26.7 Å². The average molecular weight is 449 g/mol. The molecule has 4 rings (SSSR count). The molecule has 1 saturated heterocycles. The fourth-order valence-corrected chi connectivity index (χ4v) is 4.95. The molecule has 0 saturated carbocycles. The van der Waals surface area contributed by atoms with Gasteiger partial charge in [0.2, 0.25) is 5.91 Å². The summed E-state index contributed by atoms with van der Waals surface area (Å²) in [5, 5.41) is 0. The zero-order valence-corrected chi connectivity index (χ0v) is 20.3. The van der Waals surface area contributed by atoms with Gasteiger partial charge in [-0.1, -0.05) is 24.3 Å². The lowest BCUT2D eigenvalue weighted by Crippen LogP contribution is -2.47. The highest BCUT2D eigenvalue weighted by Crippen LogP contribution is 2.24. The highest BCUT2D eigenvalue weighted by atomic mass is 16.5. The van der Waals surface area contributed by atoms with Crippen LogP contribution in [0.15, 0.2) is 48.5 Å². The fraction of sp³-hybridized carbons (Fsp3) is 0.481. The summed E-state index contributed by atoms with van der Waals surface area (Å²) in [6.07, 6.45) is 2.02. The Morgan fingerprint density at radius 1 is 1.15 bits per heavy atom. The number of methoxy groups -OCH3 is 1. The number of imidazole rings is 1. The molecule has 176 valence electrons. The summed E-state index contributed by atoms with van der Waals surface area (Å²) in [6, 6.07) is 16.8. The van der Waals surface area contributed by atoms with E-state index in [1.165, 1.54) is 5.56 Å². The molecule has 6 heteroatoms. The molecular weight excluding hydrogens is 412 g/mol. The Labute approximate surface area is 197 Å². The monoisotopic (exact) mass is 448 g/mol. The lowest BCUT2D eigenvalue weighted by molar-refractivity contribution is -0.139. The van der Waals surface area contributed by atoms with Gasteiger partial charge in [0.25, 0.3) is 0 Å². The topological polar surface area (TPSA) is 50.6 Å². The van der Waals surface area contributed by atoms with Gasteiger partial charge in [-0.05, 0) is 70.0 Å². The molecule has 1 aromatic heterocycles. The Hall–Kier alpha value is -2.86. The van der Waals surface area contributed by atoms with Gasteiger partial charge in [0, 0.05) is 25.7 Å². The molecular formula is C27H36N4O2. The summed E-state index contributed by atoms with van der Waals surface area (Å²) < 4.78 is 7.63. The zero-order valence-electron chi connectivity index (χ0n) is 20.3. The summed E-state index contributed by atoms with van der Waals surface area (Å²) in [5.41, 5.74) is 3.37. The minimum absolute atomic E-state index is 0.0699. The number of piperidine rings is 1. The summed E-state index contributed by atoms with van der Waals surface area (Å²) in [6.45, 7) is 10.4. The van der Waals surface area contributed by atoms with Crippen LogP contribution in [-0.2, 0) is 17.9 Å². The molecule has 33 heavy (non-hydrogen) atoms. The van der Waals surface area contributed by atoms with E-state index in [2.05, 4.69) is 60.6 Å². The maximum atomic E-state index is 13.1. The second kappa shape index (κ2) is 10.4. The van der Waals surface area contributed by atoms with Crippen LogP contribution in [0.1, 0.15) is 45.0 Å². The third kappa shape index (κ3) is 5.22. The first-order chi connectivity index (χ1) is 16.0. The van der Waals surface area contributed by atoms with E-state index in [1.54, 1.807) is 7.11 Å². The number of para-hydroxylation sites is 2. The number of benzene rings is 2. The van der Waals surface area contributed by atoms with Crippen molar-refractivity contribution < 1.29 is 9.53 Å². The number of hydrogen-bond donors (Lipinski definition) is 0. The summed E-state index contributed by atoms with van der Waals surface area (Å²) in [7, 11) is 1.69. The molecule has 0 radical (unpaired) electrons. The van der Waals surface area contributed by atoms with Crippen LogP contribution in [0.5, 0.6) is 5.75 Å². The van der Waals surface area contributed by atoms with E-state index in [4.69, 9.17) is 9.72 Å². The Bertz CT molecular complexity index is 1070. The van der Waals surface area contributed by atoms with E-state index in [-0.39, 0.29) is 12.0 Å². The van der Waals surface area contributed by atoms with Crippen molar-refractivity contribution in [3.8, 4) is 5.75 Å². The summed E-state index contributed by atoms with van der Waals surface area (Å²) in [4.78, 5) is 22.5. The first kappa shape index (κ1) is 23.3. The zero-order chi connectivity index (χ0) is 23.4. The Morgan fingerprint density at radius 3 is 2.61 bits per heavy atom. The van der Waals surface area contributed by atoms with E-state index < -0.39 is 0 Å². The van der Waals surface area contributed by atoms with E-state index >= 15 is 0 Å². The third-order valence-electron chi connectivity index (χ3n) is 6.70. The molecule has 1 amide bonds. The van der Waals surface area contributed by atoms with E-state index in [9.17, 15) is 4.79 Å². The third-order valence-corrected chi connectivity index (χ3v) is 6.70. The standard InChI is InChI=1S/C27H36N4O2/c1-5-30(20(2)3)27(32)22-9-8-16-29(18-22)19-26-28-24-10-6-7-11-25(24)31(26)17-21-12-14-23(33-4)15-13-21/h6-7,10-15,20,22H,5,8-9,16-19H2,1-4H3/t22-/m1/s1. The highest BCUT2D eigenvalue weighted by molar-refractivity contribution is 5.79. The SMILES string of the molecule is CCN(C(=O)[C@@H]1CCCN(Cc2nc3ccccc3n2Cc2ccc(OC)cc2)C1)C(C)C. The van der Waals surface area contributed by atoms with Crippen molar-refractivity contribution >= 4 is 16.9 Å². The van der Waals surface area contributed by atoms with Crippen molar-refractivity contribution in [3.63, 3.8) is 0 Å². The first-order valence-corrected chi connectivity index (χ1v) is 12.1. The molecule has 1 aliphatic rings. The van der Waals surface area contributed by atoms with Gasteiger partial charge >= 0.3 is 0 Å². The number of carbonyl (C=O) groups is 1. The normalized spacial score (nSPS) is 16.9. The van der Waals surface area contributed by atoms with Crippen LogP contribution >= 0.6 is 0 Å². The molecule has 2 heterocycles. The molecule has 2 aromatic carbocycles. The maximum absolute atomic E-state index is 13.1.